The SMILES string of the molecule is COc1ccccc1-c1cc(-c2cccs2)c(C#N)c(N)n1. The second-order valence-electron chi connectivity index (χ2n) is 4.60. The molecule has 0 radical (unpaired) electrons. The summed E-state index contributed by atoms with van der Waals surface area (Å²) in [4.78, 5) is 5.36. The number of aromatic nitrogens is 1. The van der Waals surface area contributed by atoms with Gasteiger partial charge in [-0.25, -0.2) is 4.98 Å². The molecule has 3 rings (SSSR count). The summed E-state index contributed by atoms with van der Waals surface area (Å²) in [7, 11) is 1.62. The largest absolute Gasteiger partial charge is 0.496 e. The van der Waals surface area contributed by atoms with Gasteiger partial charge >= 0.3 is 0 Å². The Hall–Kier alpha value is -2.84. The van der Waals surface area contributed by atoms with E-state index in [1.165, 1.54) is 0 Å². The quantitative estimate of drug-likeness (QED) is 0.795. The lowest BCUT2D eigenvalue weighted by Gasteiger charge is -2.11. The van der Waals surface area contributed by atoms with Crippen LogP contribution in [0.25, 0.3) is 21.7 Å². The Kier molecular flexibility index (Phi) is 3.77. The number of nitrogen functional groups attached to an aromatic ring is 1. The number of nitrogens with zero attached hydrogens (tertiary/aromatic N) is 2. The van der Waals surface area contributed by atoms with Crippen LogP contribution in [-0.4, -0.2) is 12.1 Å². The number of nitrogens with two attached hydrogens (primary N) is 1. The highest BCUT2D eigenvalue weighted by atomic mass is 32.1. The van der Waals surface area contributed by atoms with Crippen molar-refractivity contribution < 1.29 is 4.74 Å². The molecule has 2 heterocycles. The van der Waals surface area contributed by atoms with Crippen LogP contribution in [0.3, 0.4) is 0 Å². The number of para-hydroxylation sites is 1. The first-order chi connectivity index (χ1) is 10.7. The van der Waals surface area contributed by atoms with Crippen LogP contribution in [0.2, 0.25) is 0 Å². The van der Waals surface area contributed by atoms with E-state index >= 15 is 0 Å². The minimum absolute atomic E-state index is 0.231. The average Bonchev–Trinajstić information content (AvgIpc) is 3.08. The van der Waals surface area contributed by atoms with Crippen molar-refractivity contribution in [1.29, 1.82) is 5.26 Å². The molecule has 1 aromatic carbocycles. The summed E-state index contributed by atoms with van der Waals surface area (Å²) in [5.41, 5.74) is 8.74. The molecule has 0 aliphatic heterocycles. The van der Waals surface area contributed by atoms with Crippen molar-refractivity contribution in [1.82, 2.24) is 4.98 Å². The van der Waals surface area contributed by atoms with Gasteiger partial charge in [-0.05, 0) is 29.6 Å². The lowest BCUT2D eigenvalue weighted by Crippen LogP contribution is -2.00. The van der Waals surface area contributed by atoms with Gasteiger partial charge in [0.15, 0.2) is 0 Å². The summed E-state index contributed by atoms with van der Waals surface area (Å²) >= 11 is 1.56. The van der Waals surface area contributed by atoms with Gasteiger partial charge in [0.1, 0.15) is 23.2 Å². The summed E-state index contributed by atoms with van der Waals surface area (Å²) < 4.78 is 5.38. The summed E-state index contributed by atoms with van der Waals surface area (Å²) in [5, 5.41) is 11.3. The Balaban J connectivity index is 2.25. The highest BCUT2D eigenvalue weighted by Crippen LogP contribution is 2.36. The normalized spacial score (nSPS) is 10.2. The zero-order valence-corrected chi connectivity index (χ0v) is 12.7. The molecule has 108 valence electrons. The van der Waals surface area contributed by atoms with Crippen molar-refractivity contribution in [2.75, 3.05) is 12.8 Å². The Morgan fingerprint density at radius 3 is 2.68 bits per heavy atom. The molecule has 0 saturated carbocycles. The zero-order chi connectivity index (χ0) is 15.5. The molecule has 0 spiro atoms. The fraction of sp³-hybridized carbons (Fsp3) is 0.0588. The van der Waals surface area contributed by atoms with Crippen LogP contribution >= 0.6 is 11.3 Å². The summed E-state index contributed by atoms with van der Waals surface area (Å²) in [5.74, 6) is 0.950. The van der Waals surface area contributed by atoms with Gasteiger partial charge in [0, 0.05) is 16.0 Å². The van der Waals surface area contributed by atoms with Crippen LogP contribution in [0.15, 0.2) is 47.8 Å². The Bertz CT molecular complexity index is 851. The van der Waals surface area contributed by atoms with Crippen molar-refractivity contribution in [2.45, 2.75) is 0 Å². The van der Waals surface area contributed by atoms with E-state index in [9.17, 15) is 5.26 Å². The molecule has 5 heteroatoms. The predicted molar refractivity (Wildman–Crippen MR) is 88.7 cm³/mol. The third-order valence-electron chi connectivity index (χ3n) is 3.33. The monoisotopic (exact) mass is 307 g/mol. The average molecular weight is 307 g/mol. The smallest absolute Gasteiger partial charge is 0.142 e. The maximum Gasteiger partial charge on any atom is 0.142 e. The molecular formula is C17H13N3OS. The second-order valence-corrected chi connectivity index (χ2v) is 5.55. The summed E-state index contributed by atoms with van der Waals surface area (Å²) in [6.07, 6.45) is 0. The fourth-order valence-electron chi connectivity index (χ4n) is 2.30. The lowest BCUT2D eigenvalue weighted by atomic mass is 10.0. The van der Waals surface area contributed by atoms with Crippen molar-refractivity contribution >= 4 is 17.2 Å². The molecule has 0 aliphatic rings. The number of ether oxygens (including phenoxy) is 1. The third kappa shape index (κ3) is 2.41. The Labute approximate surface area is 132 Å². The van der Waals surface area contributed by atoms with Crippen LogP contribution in [-0.2, 0) is 0 Å². The van der Waals surface area contributed by atoms with Crippen molar-refractivity contribution in [3.63, 3.8) is 0 Å². The van der Waals surface area contributed by atoms with Gasteiger partial charge in [-0.2, -0.15) is 5.26 Å². The van der Waals surface area contributed by atoms with Gasteiger partial charge in [0.25, 0.3) is 0 Å². The minimum atomic E-state index is 0.231. The number of pyridine rings is 1. The Morgan fingerprint density at radius 2 is 2.00 bits per heavy atom. The molecule has 2 N–H and O–H groups in total. The first-order valence-corrected chi connectivity index (χ1v) is 7.50. The van der Waals surface area contributed by atoms with Gasteiger partial charge in [0.2, 0.25) is 0 Å². The van der Waals surface area contributed by atoms with Crippen LogP contribution in [0.4, 0.5) is 5.82 Å². The lowest BCUT2D eigenvalue weighted by molar-refractivity contribution is 0.416. The topological polar surface area (TPSA) is 71.9 Å². The molecule has 0 bridgehead atoms. The molecule has 0 unspecified atom stereocenters. The standard InChI is InChI=1S/C17H13N3OS/c1-21-15-6-3-2-5-11(15)14-9-12(16-7-4-8-22-16)13(10-18)17(19)20-14/h2-9H,1H3,(H2,19,20). The van der Waals surface area contributed by atoms with Gasteiger partial charge < -0.3 is 10.5 Å². The van der Waals surface area contributed by atoms with Gasteiger partial charge in [0.05, 0.1) is 12.8 Å². The summed E-state index contributed by atoms with van der Waals surface area (Å²) in [6, 6.07) is 15.6. The second kappa shape index (κ2) is 5.88. The highest BCUT2D eigenvalue weighted by Gasteiger charge is 2.15. The van der Waals surface area contributed by atoms with Crippen molar-refractivity contribution in [2.24, 2.45) is 0 Å². The highest BCUT2D eigenvalue weighted by molar-refractivity contribution is 7.13. The van der Waals surface area contributed by atoms with Crippen molar-refractivity contribution in [3.8, 4) is 33.5 Å². The predicted octanol–water partition coefficient (Wildman–Crippen LogP) is 3.94. The molecule has 4 nitrogen and oxygen atoms in total. The first kappa shape index (κ1) is 14.1. The van der Waals surface area contributed by atoms with Crippen LogP contribution < -0.4 is 10.5 Å². The summed E-state index contributed by atoms with van der Waals surface area (Å²) in [6.45, 7) is 0. The van der Waals surface area contributed by atoms with E-state index in [4.69, 9.17) is 10.5 Å². The van der Waals surface area contributed by atoms with Crippen LogP contribution in [0, 0.1) is 11.3 Å². The number of thiophene rings is 1. The molecular weight excluding hydrogens is 294 g/mol. The first-order valence-electron chi connectivity index (χ1n) is 6.62. The molecule has 0 saturated heterocycles. The number of nitriles is 1. The minimum Gasteiger partial charge on any atom is -0.496 e. The van der Waals surface area contributed by atoms with E-state index in [-0.39, 0.29) is 5.82 Å². The van der Waals surface area contributed by atoms with E-state index in [1.54, 1.807) is 18.4 Å². The molecule has 0 fully saturated rings. The fourth-order valence-corrected chi connectivity index (χ4v) is 3.05. The van der Waals surface area contributed by atoms with E-state index < -0.39 is 0 Å². The molecule has 0 amide bonds. The number of rotatable bonds is 3. The van der Waals surface area contributed by atoms with E-state index in [2.05, 4.69) is 11.1 Å². The molecule has 0 aliphatic carbocycles. The van der Waals surface area contributed by atoms with Crippen LogP contribution in [0.5, 0.6) is 5.75 Å². The number of methoxy groups -OCH3 is 1. The Morgan fingerprint density at radius 1 is 1.18 bits per heavy atom. The van der Waals surface area contributed by atoms with E-state index in [0.717, 1.165) is 21.8 Å². The molecule has 3 aromatic rings. The number of anilines is 1. The molecule has 22 heavy (non-hydrogen) atoms. The zero-order valence-electron chi connectivity index (χ0n) is 11.9. The third-order valence-corrected chi connectivity index (χ3v) is 4.23. The van der Waals surface area contributed by atoms with Gasteiger partial charge in [-0.3, -0.25) is 0 Å². The number of hydrogen-bond donors (Lipinski definition) is 1. The van der Waals surface area contributed by atoms with E-state index in [1.807, 2.05) is 47.8 Å². The maximum atomic E-state index is 9.37. The van der Waals surface area contributed by atoms with Gasteiger partial charge in [-0.15, -0.1) is 11.3 Å². The van der Waals surface area contributed by atoms with Crippen molar-refractivity contribution in [3.05, 3.63) is 53.4 Å². The van der Waals surface area contributed by atoms with Crippen LogP contribution in [0.1, 0.15) is 5.56 Å². The maximum absolute atomic E-state index is 9.37. The molecule has 0 atom stereocenters. The van der Waals surface area contributed by atoms with Gasteiger partial charge in [-0.1, -0.05) is 18.2 Å². The number of benzene rings is 1. The number of hydrogen-bond acceptors (Lipinski definition) is 5. The van der Waals surface area contributed by atoms with E-state index in [0.29, 0.717) is 11.3 Å². The molecule has 2 aromatic heterocycles.